The van der Waals surface area contributed by atoms with Crippen LogP contribution in [0.25, 0.3) is 0 Å². The molecule has 0 aliphatic carbocycles. The molecule has 126 valence electrons. The van der Waals surface area contributed by atoms with Gasteiger partial charge in [0.2, 0.25) is 5.91 Å². The van der Waals surface area contributed by atoms with E-state index in [1.807, 2.05) is 37.3 Å². The molecule has 0 unspecified atom stereocenters. The largest absolute Gasteiger partial charge is 0.348 e. The number of hydrogen-bond acceptors (Lipinski definition) is 2. The minimum Gasteiger partial charge on any atom is -0.348 e. The molecule has 6 heteroatoms. The van der Waals surface area contributed by atoms with Crippen molar-refractivity contribution in [1.29, 1.82) is 0 Å². The van der Waals surface area contributed by atoms with Gasteiger partial charge in [-0.2, -0.15) is 0 Å². The first-order valence-corrected chi connectivity index (χ1v) is 7.65. The zero-order valence-corrected chi connectivity index (χ0v) is 13.4. The van der Waals surface area contributed by atoms with Crippen LogP contribution in [0.4, 0.5) is 9.18 Å². The lowest BCUT2D eigenvalue weighted by Gasteiger charge is -2.14. The Morgan fingerprint density at radius 2 is 1.67 bits per heavy atom. The van der Waals surface area contributed by atoms with Crippen molar-refractivity contribution in [3.63, 3.8) is 0 Å². The summed E-state index contributed by atoms with van der Waals surface area (Å²) < 4.78 is 12.8. The lowest BCUT2D eigenvalue weighted by molar-refractivity contribution is -0.120. The van der Waals surface area contributed by atoms with E-state index >= 15 is 0 Å². The van der Waals surface area contributed by atoms with Gasteiger partial charge in [0.25, 0.3) is 0 Å². The van der Waals surface area contributed by atoms with Crippen LogP contribution in [0, 0.1) is 5.82 Å². The minimum absolute atomic E-state index is 0.119. The van der Waals surface area contributed by atoms with Crippen molar-refractivity contribution in [3.8, 4) is 0 Å². The number of carbonyl (C=O) groups excluding carboxylic acids is 2. The van der Waals surface area contributed by atoms with Crippen molar-refractivity contribution >= 4 is 11.9 Å². The van der Waals surface area contributed by atoms with E-state index in [1.54, 1.807) is 12.1 Å². The van der Waals surface area contributed by atoms with Gasteiger partial charge in [-0.25, -0.2) is 9.18 Å². The van der Waals surface area contributed by atoms with Crippen molar-refractivity contribution in [1.82, 2.24) is 16.0 Å². The van der Waals surface area contributed by atoms with Gasteiger partial charge >= 0.3 is 6.03 Å². The van der Waals surface area contributed by atoms with E-state index in [0.717, 1.165) is 11.1 Å². The van der Waals surface area contributed by atoms with E-state index in [2.05, 4.69) is 16.0 Å². The van der Waals surface area contributed by atoms with Crippen molar-refractivity contribution in [2.75, 3.05) is 6.54 Å². The average Bonchev–Trinajstić information content (AvgIpc) is 2.60. The number of nitrogens with one attached hydrogen (secondary N) is 3. The van der Waals surface area contributed by atoms with Crippen LogP contribution in [0.15, 0.2) is 54.6 Å². The van der Waals surface area contributed by atoms with E-state index in [9.17, 15) is 14.0 Å². The molecule has 0 bridgehead atoms. The van der Waals surface area contributed by atoms with Crippen LogP contribution in [0.5, 0.6) is 0 Å². The van der Waals surface area contributed by atoms with E-state index in [0.29, 0.717) is 0 Å². The molecule has 0 fully saturated rings. The Labute approximate surface area is 140 Å². The van der Waals surface area contributed by atoms with Gasteiger partial charge in [-0.05, 0) is 30.2 Å². The Balaban J connectivity index is 1.69. The number of carbonyl (C=O) groups is 2. The molecule has 2 aromatic carbocycles. The summed E-state index contributed by atoms with van der Waals surface area (Å²) in [6.07, 6.45) is 0. The maximum atomic E-state index is 12.8. The summed E-state index contributed by atoms with van der Waals surface area (Å²) in [5.41, 5.74) is 1.76. The molecule has 2 aromatic rings. The Kier molecular flexibility index (Phi) is 6.31. The third-order valence-electron chi connectivity index (χ3n) is 3.45. The van der Waals surface area contributed by atoms with Crippen molar-refractivity contribution in [2.45, 2.75) is 19.5 Å². The van der Waals surface area contributed by atoms with Crippen molar-refractivity contribution in [3.05, 3.63) is 71.5 Å². The number of amides is 3. The zero-order chi connectivity index (χ0) is 17.4. The summed E-state index contributed by atoms with van der Waals surface area (Å²) in [7, 11) is 0. The molecule has 3 N–H and O–H groups in total. The van der Waals surface area contributed by atoms with Crippen LogP contribution in [-0.4, -0.2) is 18.5 Å². The minimum atomic E-state index is -0.457. The summed E-state index contributed by atoms with van der Waals surface area (Å²) >= 11 is 0. The Morgan fingerprint density at radius 3 is 2.33 bits per heavy atom. The van der Waals surface area contributed by atoms with Gasteiger partial charge < -0.3 is 16.0 Å². The van der Waals surface area contributed by atoms with Gasteiger partial charge in [0.15, 0.2) is 0 Å². The van der Waals surface area contributed by atoms with Crippen LogP contribution < -0.4 is 16.0 Å². The molecule has 24 heavy (non-hydrogen) atoms. The van der Waals surface area contributed by atoms with Gasteiger partial charge in [0, 0.05) is 6.54 Å². The summed E-state index contributed by atoms with van der Waals surface area (Å²) in [5.74, 6) is -0.601. The maximum Gasteiger partial charge on any atom is 0.315 e. The summed E-state index contributed by atoms with van der Waals surface area (Å²) in [6.45, 7) is 2.02. The van der Waals surface area contributed by atoms with E-state index in [-0.39, 0.29) is 30.9 Å². The molecule has 5 nitrogen and oxygen atoms in total. The molecule has 0 spiro atoms. The highest BCUT2D eigenvalue weighted by atomic mass is 19.1. The van der Waals surface area contributed by atoms with Crippen LogP contribution in [0.1, 0.15) is 24.1 Å². The lowest BCUT2D eigenvalue weighted by atomic mass is 10.1. The first kappa shape index (κ1) is 17.5. The van der Waals surface area contributed by atoms with E-state index in [1.165, 1.54) is 12.1 Å². The number of hydrogen-bond donors (Lipinski definition) is 3. The van der Waals surface area contributed by atoms with Crippen LogP contribution in [0.3, 0.4) is 0 Å². The second-order valence-corrected chi connectivity index (χ2v) is 5.36. The molecule has 0 saturated heterocycles. The van der Waals surface area contributed by atoms with Crippen LogP contribution in [0.2, 0.25) is 0 Å². The molecule has 0 aliphatic rings. The molecular weight excluding hydrogens is 309 g/mol. The quantitative estimate of drug-likeness (QED) is 0.762. The lowest BCUT2D eigenvalue weighted by Crippen LogP contribution is -2.42. The van der Waals surface area contributed by atoms with Crippen molar-refractivity contribution < 1.29 is 14.0 Å². The van der Waals surface area contributed by atoms with Gasteiger partial charge in [-0.15, -0.1) is 0 Å². The number of benzene rings is 2. The smallest absolute Gasteiger partial charge is 0.315 e. The zero-order valence-electron chi connectivity index (χ0n) is 13.4. The highest BCUT2D eigenvalue weighted by molar-refractivity contribution is 5.84. The molecule has 0 heterocycles. The summed E-state index contributed by atoms with van der Waals surface area (Å²) in [6, 6.07) is 14.8. The molecule has 0 saturated carbocycles. The number of halogens is 1. The number of urea groups is 1. The third-order valence-corrected chi connectivity index (χ3v) is 3.45. The summed E-state index contributed by atoms with van der Waals surface area (Å²) in [4.78, 5) is 23.5. The molecule has 0 aliphatic heterocycles. The van der Waals surface area contributed by atoms with Gasteiger partial charge in [-0.1, -0.05) is 42.5 Å². The molecule has 3 amide bonds. The summed E-state index contributed by atoms with van der Waals surface area (Å²) in [5, 5.41) is 7.90. The fourth-order valence-corrected chi connectivity index (χ4v) is 2.13. The Hall–Kier alpha value is -2.89. The Morgan fingerprint density at radius 1 is 1.00 bits per heavy atom. The topological polar surface area (TPSA) is 70.2 Å². The molecule has 2 rings (SSSR count). The normalized spacial score (nSPS) is 11.4. The average molecular weight is 329 g/mol. The molecule has 1 atom stereocenters. The first-order chi connectivity index (χ1) is 11.5. The highest BCUT2D eigenvalue weighted by Gasteiger charge is 2.10. The standard InChI is InChI=1S/C18H20FN3O2/c1-13(15-5-3-2-4-6-15)22-17(23)12-21-18(24)20-11-14-7-9-16(19)10-8-14/h2-10,13H,11-12H2,1H3,(H,22,23)(H2,20,21,24)/t13-/m0/s1. The molecular formula is C18H20FN3O2. The van der Waals surface area contributed by atoms with Gasteiger partial charge in [0.05, 0.1) is 12.6 Å². The fourth-order valence-electron chi connectivity index (χ4n) is 2.13. The Bertz CT molecular complexity index is 674. The van der Waals surface area contributed by atoms with Crippen LogP contribution >= 0.6 is 0 Å². The first-order valence-electron chi connectivity index (χ1n) is 7.65. The van der Waals surface area contributed by atoms with Crippen LogP contribution in [-0.2, 0) is 11.3 Å². The third kappa shape index (κ3) is 5.72. The fraction of sp³-hybridized carbons (Fsp3) is 0.222. The SMILES string of the molecule is C[C@H](NC(=O)CNC(=O)NCc1ccc(F)cc1)c1ccccc1. The molecule has 0 aromatic heterocycles. The molecule has 0 radical (unpaired) electrons. The van der Waals surface area contributed by atoms with E-state index in [4.69, 9.17) is 0 Å². The second kappa shape index (κ2) is 8.67. The van der Waals surface area contributed by atoms with Gasteiger partial charge in [0.1, 0.15) is 5.82 Å². The predicted molar refractivity (Wildman–Crippen MR) is 89.6 cm³/mol. The second-order valence-electron chi connectivity index (χ2n) is 5.36. The van der Waals surface area contributed by atoms with E-state index < -0.39 is 6.03 Å². The van der Waals surface area contributed by atoms with Crippen molar-refractivity contribution in [2.24, 2.45) is 0 Å². The number of rotatable bonds is 6. The highest BCUT2D eigenvalue weighted by Crippen LogP contribution is 2.10. The maximum absolute atomic E-state index is 12.8. The monoisotopic (exact) mass is 329 g/mol. The van der Waals surface area contributed by atoms with Gasteiger partial charge in [-0.3, -0.25) is 4.79 Å². The predicted octanol–water partition coefficient (Wildman–Crippen LogP) is 2.50.